The van der Waals surface area contributed by atoms with Gasteiger partial charge in [0.25, 0.3) is 0 Å². The van der Waals surface area contributed by atoms with E-state index >= 15 is 0 Å². The molecule has 2 N–H and O–H groups in total. The number of aliphatic hydroxyl groups excluding tert-OH is 1. The SMILES string of the molecule is CC1CC2C(=O)OC(C)CC(=O)N3CC(O)CC3C(=O)N3CCCCC3C(=O)NC(C)C(=O)N2C1. The number of carbonyl (C=O) groups is 5. The summed E-state index contributed by atoms with van der Waals surface area (Å²) in [6.45, 7) is 5.88. The number of amides is 4. The van der Waals surface area contributed by atoms with Gasteiger partial charge in [0.15, 0.2) is 0 Å². The predicted molar refractivity (Wildman–Crippen MR) is 123 cm³/mol. The zero-order valence-corrected chi connectivity index (χ0v) is 20.6. The molecule has 0 bridgehead atoms. The molecular weight excluding hydrogens is 456 g/mol. The molecule has 7 unspecified atom stereocenters. The average molecular weight is 493 g/mol. The van der Waals surface area contributed by atoms with Crippen molar-refractivity contribution in [1.29, 1.82) is 0 Å². The first-order chi connectivity index (χ1) is 16.6. The topological polar surface area (TPSA) is 137 Å². The van der Waals surface area contributed by atoms with Crippen molar-refractivity contribution in [2.75, 3.05) is 19.6 Å². The number of rotatable bonds is 0. The van der Waals surface area contributed by atoms with Gasteiger partial charge in [-0.25, -0.2) is 4.79 Å². The van der Waals surface area contributed by atoms with Gasteiger partial charge in [0.2, 0.25) is 23.6 Å². The number of fused-ring (bicyclic) bond motifs is 3. The van der Waals surface area contributed by atoms with E-state index in [-0.39, 0.29) is 37.1 Å². The molecule has 0 saturated carbocycles. The molecular formula is C24H36N4O7. The summed E-state index contributed by atoms with van der Waals surface area (Å²) in [4.78, 5) is 70.4. The second-order valence-corrected chi connectivity index (χ2v) is 10.5. The monoisotopic (exact) mass is 492 g/mol. The van der Waals surface area contributed by atoms with Crippen LogP contribution in [0.1, 0.15) is 59.3 Å². The Hall–Kier alpha value is -2.69. The third-order valence-electron chi connectivity index (χ3n) is 7.55. The number of hydrogen-bond donors (Lipinski definition) is 2. The number of cyclic esters (lactones) is 1. The Labute approximate surface area is 205 Å². The summed E-state index contributed by atoms with van der Waals surface area (Å²) in [5.41, 5.74) is 0. The molecule has 4 aliphatic heterocycles. The minimum atomic E-state index is -0.882. The third-order valence-corrected chi connectivity index (χ3v) is 7.55. The highest BCUT2D eigenvalue weighted by atomic mass is 16.5. The number of hydrogen-bond acceptors (Lipinski definition) is 7. The molecule has 4 saturated heterocycles. The summed E-state index contributed by atoms with van der Waals surface area (Å²) < 4.78 is 5.55. The lowest BCUT2D eigenvalue weighted by Gasteiger charge is -2.38. The highest BCUT2D eigenvalue weighted by Crippen LogP contribution is 2.28. The Morgan fingerprint density at radius 1 is 0.857 bits per heavy atom. The van der Waals surface area contributed by atoms with Crippen LogP contribution < -0.4 is 5.32 Å². The Kier molecular flexibility index (Phi) is 7.35. The fourth-order valence-corrected chi connectivity index (χ4v) is 5.80. The lowest BCUT2D eigenvalue weighted by atomic mass is 9.99. The van der Waals surface area contributed by atoms with Crippen molar-refractivity contribution < 1.29 is 33.8 Å². The van der Waals surface area contributed by atoms with Crippen LogP contribution in [0.25, 0.3) is 0 Å². The molecule has 11 heteroatoms. The summed E-state index contributed by atoms with van der Waals surface area (Å²) in [6, 6.07) is -3.30. The lowest BCUT2D eigenvalue weighted by molar-refractivity contribution is -0.160. The highest BCUT2D eigenvalue weighted by Gasteiger charge is 2.46. The third kappa shape index (κ3) is 5.14. The quantitative estimate of drug-likeness (QED) is 0.431. The van der Waals surface area contributed by atoms with Crippen LogP contribution in [0.2, 0.25) is 0 Å². The molecule has 0 spiro atoms. The number of carbonyl (C=O) groups excluding carboxylic acids is 5. The van der Waals surface area contributed by atoms with Gasteiger partial charge >= 0.3 is 5.97 Å². The molecule has 0 aromatic heterocycles. The predicted octanol–water partition coefficient (Wildman–Crippen LogP) is -0.594. The van der Waals surface area contributed by atoms with Gasteiger partial charge in [0.1, 0.15) is 30.3 Å². The van der Waals surface area contributed by atoms with Crippen LogP contribution in [0.15, 0.2) is 0 Å². The smallest absolute Gasteiger partial charge is 0.329 e. The molecule has 4 aliphatic rings. The standard InChI is InChI=1S/C24H36N4O7/c1-13-8-19-24(34)35-14(2)9-20(30)27-12-16(29)10-18(27)23(33)26-7-5-4-6-17(26)21(31)25-15(3)22(32)28(19)11-13/h13-19,29H,4-12H2,1-3H3,(H,25,31). The van der Waals surface area contributed by atoms with Crippen molar-refractivity contribution in [3.63, 3.8) is 0 Å². The van der Waals surface area contributed by atoms with Gasteiger partial charge in [-0.2, -0.15) is 0 Å². The molecule has 0 aromatic carbocycles. The normalized spacial score (nSPS) is 37.5. The second-order valence-electron chi connectivity index (χ2n) is 10.5. The molecule has 0 aliphatic carbocycles. The average Bonchev–Trinajstić information content (AvgIpc) is 3.40. The van der Waals surface area contributed by atoms with E-state index in [1.165, 1.54) is 14.7 Å². The molecule has 0 aromatic rings. The Bertz CT molecular complexity index is 895. The van der Waals surface area contributed by atoms with Crippen molar-refractivity contribution in [1.82, 2.24) is 20.0 Å². The molecule has 11 nitrogen and oxygen atoms in total. The fraction of sp³-hybridized carbons (Fsp3) is 0.792. The molecule has 194 valence electrons. The van der Waals surface area contributed by atoms with Crippen molar-refractivity contribution in [2.24, 2.45) is 5.92 Å². The molecule has 0 radical (unpaired) electrons. The summed E-state index contributed by atoms with van der Waals surface area (Å²) >= 11 is 0. The van der Waals surface area contributed by atoms with E-state index in [9.17, 15) is 29.1 Å². The van der Waals surface area contributed by atoms with E-state index in [4.69, 9.17) is 4.74 Å². The summed E-state index contributed by atoms with van der Waals surface area (Å²) in [7, 11) is 0. The van der Waals surface area contributed by atoms with Gasteiger partial charge < -0.3 is 29.9 Å². The van der Waals surface area contributed by atoms with Crippen LogP contribution in [0.4, 0.5) is 0 Å². The zero-order chi connectivity index (χ0) is 25.4. The molecule has 4 amide bonds. The van der Waals surface area contributed by atoms with Crippen molar-refractivity contribution in [3.8, 4) is 0 Å². The highest BCUT2D eigenvalue weighted by molar-refractivity contribution is 5.95. The Balaban J connectivity index is 1.65. The van der Waals surface area contributed by atoms with Crippen molar-refractivity contribution in [2.45, 2.75) is 95.7 Å². The van der Waals surface area contributed by atoms with E-state index in [2.05, 4.69) is 5.32 Å². The fourth-order valence-electron chi connectivity index (χ4n) is 5.80. The minimum absolute atomic E-state index is 0.0140. The largest absolute Gasteiger partial charge is 0.461 e. The number of esters is 1. The number of aliphatic hydroxyl groups is 1. The summed E-state index contributed by atoms with van der Waals surface area (Å²) in [5.74, 6) is -2.08. The first-order valence-electron chi connectivity index (χ1n) is 12.7. The van der Waals surface area contributed by atoms with Crippen LogP contribution in [0.5, 0.6) is 0 Å². The number of ether oxygens (including phenoxy) is 1. The van der Waals surface area contributed by atoms with Gasteiger partial charge in [-0.05, 0) is 45.4 Å². The maximum atomic E-state index is 13.5. The molecule has 4 fully saturated rings. The number of piperidine rings is 1. The van der Waals surface area contributed by atoms with Crippen LogP contribution >= 0.6 is 0 Å². The van der Waals surface area contributed by atoms with Crippen LogP contribution in [0, 0.1) is 5.92 Å². The van der Waals surface area contributed by atoms with E-state index in [0.29, 0.717) is 25.9 Å². The van der Waals surface area contributed by atoms with Crippen LogP contribution in [-0.2, 0) is 28.7 Å². The molecule has 35 heavy (non-hydrogen) atoms. The number of nitrogens with one attached hydrogen (secondary N) is 1. The zero-order valence-electron chi connectivity index (χ0n) is 20.6. The first kappa shape index (κ1) is 25.4. The van der Waals surface area contributed by atoms with E-state index in [1.807, 2.05) is 6.92 Å². The second kappa shape index (κ2) is 10.1. The van der Waals surface area contributed by atoms with Gasteiger partial charge in [-0.15, -0.1) is 0 Å². The van der Waals surface area contributed by atoms with E-state index < -0.39 is 54.2 Å². The Morgan fingerprint density at radius 2 is 1.60 bits per heavy atom. The van der Waals surface area contributed by atoms with E-state index in [1.54, 1.807) is 13.8 Å². The van der Waals surface area contributed by atoms with Gasteiger partial charge in [0.05, 0.1) is 12.5 Å². The van der Waals surface area contributed by atoms with Gasteiger partial charge in [-0.3, -0.25) is 19.2 Å². The van der Waals surface area contributed by atoms with Crippen LogP contribution in [-0.4, -0.2) is 105 Å². The van der Waals surface area contributed by atoms with Crippen molar-refractivity contribution in [3.05, 3.63) is 0 Å². The summed E-state index contributed by atoms with van der Waals surface area (Å²) in [5, 5.41) is 13.0. The molecule has 4 heterocycles. The van der Waals surface area contributed by atoms with E-state index in [0.717, 1.165) is 12.8 Å². The number of nitrogens with zero attached hydrogens (tertiary/aromatic N) is 3. The minimum Gasteiger partial charge on any atom is -0.461 e. The Morgan fingerprint density at radius 3 is 2.34 bits per heavy atom. The van der Waals surface area contributed by atoms with Crippen molar-refractivity contribution >= 4 is 29.6 Å². The summed E-state index contributed by atoms with van der Waals surface area (Å²) in [6.07, 6.45) is 0.723. The maximum Gasteiger partial charge on any atom is 0.329 e. The van der Waals surface area contributed by atoms with Gasteiger partial charge in [0, 0.05) is 26.1 Å². The maximum absolute atomic E-state index is 13.5. The molecule has 7 atom stereocenters. The lowest BCUT2D eigenvalue weighted by Crippen LogP contribution is -2.59. The van der Waals surface area contributed by atoms with Gasteiger partial charge in [-0.1, -0.05) is 6.92 Å². The molecule has 4 rings (SSSR count). The van der Waals surface area contributed by atoms with Crippen LogP contribution in [0.3, 0.4) is 0 Å². The first-order valence-corrected chi connectivity index (χ1v) is 12.7.